The van der Waals surface area contributed by atoms with Gasteiger partial charge in [0.05, 0.1) is 24.5 Å². The number of pyridine rings is 1. The predicted octanol–water partition coefficient (Wildman–Crippen LogP) is 0.740. The van der Waals surface area contributed by atoms with Crippen molar-refractivity contribution in [3.63, 3.8) is 0 Å². The number of anilines is 1. The number of carbonyl (C=O) groups is 2. The third kappa shape index (κ3) is 4.68. The molecular weight excluding hydrogens is 282 g/mol. The molecule has 6 heteroatoms. The zero-order valence-corrected chi connectivity index (χ0v) is 11.9. The lowest BCUT2D eigenvalue weighted by Gasteiger charge is -2.16. The SMILES string of the molecule is O=C(Nc1cccnc1)C(=O)N[C@@H](CO)Cc1ccccc1. The van der Waals surface area contributed by atoms with Crippen molar-refractivity contribution in [2.75, 3.05) is 11.9 Å². The first-order valence-electron chi connectivity index (χ1n) is 6.85. The van der Waals surface area contributed by atoms with Gasteiger partial charge in [-0.25, -0.2) is 0 Å². The van der Waals surface area contributed by atoms with Crippen LogP contribution in [0.15, 0.2) is 54.9 Å². The highest BCUT2D eigenvalue weighted by molar-refractivity contribution is 6.39. The van der Waals surface area contributed by atoms with Crippen LogP contribution in [0.5, 0.6) is 0 Å². The summed E-state index contributed by atoms with van der Waals surface area (Å²) in [6, 6.07) is 12.2. The van der Waals surface area contributed by atoms with Gasteiger partial charge in [-0.2, -0.15) is 0 Å². The standard InChI is InChI=1S/C16H17N3O3/c20-11-14(9-12-5-2-1-3-6-12)19-16(22)15(21)18-13-7-4-8-17-10-13/h1-8,10,14,20H,9,11H2,(H,18,21)(H,19,22)/t14-/m1/s1. The molecular formula is C16H17N3O3. The van der Waals surface area contributed by atoms with Crippen LogP contribution in [-0.4, -0.2) is 34.6 Å². The number of nitrogens with one attached hydrogen (secondary N) is 2. The van der Waals surface area contributed by atoms with Gasteiger partial charge in [0.15, 0.2) is 0 Å². The molecule has 22 heavy (non-hydrogen) atoms. The second kappa shape index (κ2) is 7.90. The summed E-state index contributed by atoms with van der Waals surface area (Å²) in [7, 11) is 0. The van der Waals surface area contributed by atoms with E-state index in [2.05, 4.69) is 15.6 Å². The highest BCUT2D eigenvalue weighted by atomic mass is 16.3. The molecule has 0 spiro atoms. The van der Waals surface area contributed by atoms with E-state index in [9.17, 15) is 14.7 Å². The highest BCUT2D eigenvalue weighted by Crippen LogP contribution is 2.04. The van der Waals surface area contributed by atoms with Gasteiger partial charge in [0.25, 0.3) is 0 Å². The molecule has 0 fully saturated rings. The zero-order chi connectivity index (χ0) is 15.8. The number of amides is 2. The fourth-order valence-electron chi connectivity index (χ4n) is 1.94. The number of aliphatic hydroxyl groups is 1. The summed E-state index contributed by atoms with van der Waals surface area (Å²) < 4.78 is 0. The number of rotatable bonds is 5. The molecule has 6 nitrogen and oxygen atoms in total. The summed E-state index contributed by atoms with van der Waals surface area (Å²) in [6.45, 7) is -0.249. The molecule has 0 aliphatic carbocycles. The number of carbonyl (C=O) groups excluding carboxylic acids is 2. The maximum absolute atomic E-state index is 11.9. The Balaban J connectivity index is 1.90. The Morgan fingerprint density at radius 2 is 1.86 bits per heavy atom. The fraction of sp³-hybridized carbons (Fsp3) is 0.188. The van der Waals surface area contributed by atoms with E-state index in [1.165, 1.54) is 6.20 Å². The van der Waals surface area contributed by atoms with E-state index in [1.807, 2.05) is 30.3 Å². The van der Waals surface area contributed by atoms with Crippen molar-refractivity contribution in [1.82, 2.24) is 10.3 Å². The van der Waals surface area contributed by atoms with Gasteiger partial charge in [0, 0.05) is 6.20 Å². The molecule has 1 heterocycles. The molecule has 3 N–H and O–H groups in total. The molecule has 1 aromatic carbocycles. The Labute approximate surface area is 128 Å². The molecule has 0 aliphatic heterocycles. The molecule has 114 valence electrons. The van der Waals surface area contributed by atoms with Gasteiger partial charge in [0.2, 0.25) is 0 Å². The van der Waals surface area contributed by atoms with Crippen molar-refractivity contribution in [1.29, 1.82) is 0 Å². The largest absolute Gasteiger partial charge is 0.394 e. The first-order valence-corrected chi connectivity index (χ1v) is 6.85. The summed E-state index contributed by atoms with van der Waals surface area (Å²) >= 11 is 0. The number of aliphatic hydroxyl groups excluding tert-OH is 1. The average Bonchev–Trinajstić information content (AvgIpc) is 2.56. The van der Waals surface area contributed by atoms with Crippen molar-refractivity contribution in [3.05, 3.63) is 60.4 Å². The van der Waals surface area contributed by atoms with Crippen LogP contribution in [0.25, 0.3) is 0 Å². The zero-order valence-electron chi connectivity index (χ0n) is 11.9. The molecule has 0 saturated carbocycles. The molecule has 0 unspecified atom stereocenters. The van der Waals surface area contributed by atoms with E-state index < -0.39 is 17.9 Å². The third-order valence-corrected chi connectivity index (χ3v) is 3.01. The minimum Gasteiger partial charge on any atom is -0.394 e. The Bertz CT molecular complexity index is 617. The van der Waals surface area contributed by atoms with Crippen LogP contribution >= 0.6 is 0 Å². The van der Waals surface area contributed by atoms with Gasteiger partial charge >= 0.3 is 11.8 Å². The maximum Gasteiger partial charge on any atom is 0.313 e. The number of nitrogens with zero attached hydrogens (tertiary/aromatic N) is 1. The molecule has 0 radical (unpaired) electrons. The van der Waals surface area contributed by atoms with Gasteiger partial charge in [0.1, 0.15) is 0 Å². The minimum atomic E-state index is -0.793. The fourth-order valence-corrected chi connectivity index (χ4v) is 1.94. The molecule has 1 atom stereocenters. The van der Waals surface area contributed by atoms with Crippen LogP contribution in [0.3, 0.4) is 0 Å². The summed E-state index contributed by atoms with van der Waals surface area (Å²) in [6.07, 6.45) is 3.46. The van der Waals surface area contributed by atoms with Gasteiger partial charge in [-0.05, 0) is 24.1 Å². The number of hydrogen-bond acceptors (Lipinski definition) is 4. The predicted molar refractivity (Wildman–Crippen MR) is 82.0 cm³/mol. The third-order valence-electron chi connectivity index (χ3n) is 3.01. The Kier molecular flexibility index (Phi) is 5.62. The molecule has 0 aliphatic rings. The van der Waals surface area contributed by atoms with E-state index in [1.54, 1.807) is 18.3 Å². The summed E-state index contributed by atoms with van der Waals surface area (Å²) in [5, 5.41) is 14.3. The van der Waals surface area contributed by atoms with Crippen LogP contribution in [0, 0.1) is 0 Å². The summed E-state index contributed by atoms with van der Waals surface area (Å²) in [5.74, 6) is -1.58. The molecule has 2 rings (SSSR count). The van der Waals surface area contributed by atoms with Crippen LogP contribution in [0.1, 0.15) is 5.56 Å². The van der Waals surface area contributed by atoms with Crippen molar-refractivity contribution in [2.45, 2.75) is 12.5 Å². The van der Waals surface area contributed by atoms with Gasteiger partial charge < -0.3 is 15.7 Å². The maximum atomic E-state index is 11.9. The molecule has 0 saturated heterocycles. The lowest BCUT2D eigenvalue weighted by atomic mass is 10.1. The lowest BCUT2D eigenvalue weighted by molar-refractivity contribution is -0.136. The second-order valence-electron chi connectivity index (χ2n) is 4.74. The highest BCUT2D eigenvalue weighted by Gasteiger charge is 2.18. The van der Waals surface area contributed by atoms with Crippen LogP contribution in [0.2, 0.25) is 0 Å². The quantitative estimate of drug-likeness (QED) is 0.710. The second-order valence-corrected chi connectivity index (χ2v) is 4.74. The summed E-state index contributed by atoms with van der Waals surface area (Å²) in [4.78, 5) is 27.5. The first-order chi connectivity index (χ1) is 10.7. The number of aromatic nitrogens is 1. The lowest BCUT2D eigenvalue weighted by Crippen LogP contribution is -2.44. The van der Waals surface area contributed by atoms with E-state index in [-0.39, 0.29) is 6.61 Å². The topological polar surface area (TPSA) is 91.3 Å². The Morgan fingerprint density at radius 3 is 2.50 bits per heavy atom. The number of hydrogen-bond donors (Lipinski definition) is 3. The van der Waals surface area contributed by atoms with E-state index in [4.69, 9.17) is 0 Å². The van der Waals surface area contributed by atoms with Gasteiger partial charge in [-0.15, -0.1) is 0 Å². The molecule has 0 bridgehead atoms. The van der Waals surface area contributed by atoms with Crippen molar-refractivity contribution < 1.29 is 14.7 Å². The summed E-state index contributed by atoms with van der Waals surface area (Å²) in [5.41, 5.74) is 1.40. The average molecular weight is 299 g/mol. The van der Waals surface area contributed by atoms with Crippen LogP contribution in [-0.2, 0) is 16.0 Å². The Hall–Kier alpha value is -2.73. The minimum absolute atomic E-state index is 0.249. The van der Waals surface area contributed by atoms with Crippen molar-refractivity contribution in [2.24, 2.45) is 0 Å². The van der Waals surface area contributed by atoms with Crippen LogP contribution in [0.4, 0.5) is 5.69 Å². The molecule has 2 aromatic rings. The monoisotopic (exact) mass is 299 g/mol. The van der Waals surface area contributed by atoms with E-state index in [0.29, 0.717) is 12.1 Å². The first kappa shape index (κ1) is 15.7. The van der Waals surface area contributed by atoms with Crippen LogP contribution < -0.4 is 10.6 Å². The van der Waals surface area contributed by atoms with Crippen molar-refractivity contribution >= 4 is 17.5 Å². The molecule has 2 amide bonds. The van der Waals surface area contributed by atoms with Gasteiger partial charge in [-0.3, -0.25) is 14.6 Å². The van der Waals surface area contributed by atoms with Gasteiger partial charge in [-0.1, -0.05) is 30.3 Å². The van der Waals surface area contributed by atoms with Crippen molar-refractivity contribution in [3.8, 4) is 0 Å². The number of benzene rings is 1. The van der Waals surface area contributed by atoms with E-state index >= 15 is 0 Å². The Morgan fingerprint density at radius 1 is 1.09 bits per heavy atom. The smallest absolute Gasteiger partial charge is 0.313 e. The molecule has 1 aromatic heterocycles. The normalized spacial score (nSPS) is 11.5. The van der Waals surface area contributed by atoms with E-state index in [0.717, 1.165) is 5.56 Å².